The van der Waals surface area contributed by atoms with Crippen LogP contribution in [0.3, 0.4) is 0 Å². The van der Waals surface area contributed by atoms with Gasteiger partial charge in [-0.1, -0.05) is 52.8 Å². The van der Waals surface area contributed by atoms with E-state index in [0.29, 0.717) is 18.7 Å². The minimum atomic E-state index is -0.580. The number of hydrogen-bond acceptors (Lipinski definition) is 4. The molecule has 7 heteroatoms. The van der Waals surface area contributed by atoms with Crippen molar-refractivity contribution >= 4 is 17.5 Å². The lowest BCUT2D eigenvalue weighted by atomic mass is 9.86. The van der Waals surface area contributed by atoms with Crippen LogP contribution in [0.4, 0.5) is 0 Å². The quantitative estimate of drug-likeness (QED) is 0.618. The molecule has 3 heterocycles. The average Bonchev–Trinajstić information content (AvgIpc) is 3.25. The van der Waals surface area contributed by atoms with Gasteiger partial charge < -0.3 is 10.2 Å². The largest absolute Gasteiger partial charge is 0.340 e. The van der Waals surface area contributed by atoms with E-state index in [1.165, 1.54) is 5.56 Å². The number of carbonyl (C=O) groups excluding carboxylic acids is 2. The number of nitrogens with one attached hydrogen (secondary N) is 1. The standard InChI is InChI=1S/C27H35N5O2/c1-18(2)23(28-25(33)19-11-13-21(14-12-19)27(3,4)5)26(34)31-15-8-9-20(17-31)24-30-29-22-10-6-7-16-32(22)24/h6-7,10-14,16,18,20,23H,8-9,15,17H2,1-5H3,(H,28,33). The van der Waals surface area contributed by atoms with Crippen molar-refractivity contribution in [2.75, 3.05) is 13.1 Å². The van der Waals surface area contributed by atoms with Crippen LogP contribution in [0.1, 0.15) is 75.1 Å². The fourth-order valence-corrected chi connectivity index (χ4v) is 4.58. The van der Waals surface area contributed by atoms with E-state index in [0.717, 1.165) is 24.3 Å². The molecule has 2 amide bonds. The Balaban J connectivity index is 1.47. The molecule has 2 atom stereocenters. The molecular weight excluding hydrogens is 426 g/mol. The summed E-state index contributed by atoms with van der Waals surface area (Å²) in [7, 11) is 0. The van der Waals surface area contributed by atoms with Gasteiger partial charge >= 0.3 is 0 Å². The van der Waals surface area contributed by atoms with E-state index >= 15 is 0 Å². The van der Waals surface area contributed by atoms with E-state index in [2.05, 4.69) is 36.3 Å². The van der Waals surface area contributed by atoms with Crippen LogP contribution < -0.4 is 5.32 Å². The molecule has 1 aliphatic rings. The number of likely N-dealkylation sites (tertiary alicyclic amines) is 1. The van der Waals surface area contributed by atoms with E-state index in [1.807, 2.05) is 71.8 Å². The van der Waals surface area contributed by atoms with Gasteiger partial charge in [-0.25, -0.2) is 0 Å². The Morgan fingerprint density at radius 3 is 2.47 bits per heavy atom. The summed E-state index contributed by atoms with van der Waals surface area (Å²) in [6.07, 6.45) is 3.82. The smallest absolute Gasteiger partial charge is 0.251 e. The molecule has 3 aromatic rings. The molecular formula is C27H35N5O2. The molecule has 2 aromatic heterocycles. The van der Waals surface area contributed by atoms with Crippen molar-refractivity contribution < 1.29 is 9.59 Å². The van der Waals surface area contributed by atoms with Gasteiger partial charge in [0.25, 0.3) is 5.91 Å². The summed E-state index contributed by atoms with van der Waals surface area (Å²) in [6, 6.07) is 12.9. The second-order valence-corrected chi connectivity index (χ2v) is 10.6. The van der Waals surface area contributed by atoms with Gasteiger partial charge in [-0.15, -0.1) is 10.2 Å². The van der Waals surface area contributed by atoms with E-state index in [-0.39, 0.29) is 29.1 Å². The summed E-state index contributed by atoms with van der Waals surface area (Å²) in [5.41, 5.74) is 2.57. The molecule has 180 valence electrons. The second-order valence-electron chi connectivity index (χ2n) is 10.6. The van der Waals surface area contributed by atoms with Crippen LogP contribution in [0.15, 0.2) is 48.7 Å². The molecule has 1 fully saturated rings. The van der Waals surface area contributed by atoms with Crippen molar-refractivity contribution in [2.45, 2.75) is 64.8 Å². The number of carbonyl (C=O) groups is 2. The number of benzene rings is 1. The Morgan fingerprint density at radius 1 is 1.06 bits per heavy atom. The highest BCUT2D eigenvalue weighted by molar-refractivity contribution is 5.97. The minimum absolute atomic E-state index is 0.0198. The van der Waals surface area contributed by atoms with Gasteiger partial charge in [-0.05, 0) is 54.0 Å². The van der Waals surface area contributed by atoms with Gasteiger partial charge in [0, 0.05) is 30.8 Å². The molecule has 7 nitrogen and oxygen atoms in total. The van der Waals surface area contributed by atoms with Crippen LogP contribution in [0.2, 0.25) is 0 Å². The molecule has 0 bridgehead atoms. The Labute approximate surface area is 201 Å². The molecule has 0 saturated carbocycles. The van der Waals surface area contributed by atoms with E-state index < -0.39 is 6.04 Å². The van der Waals surface area contributed by atoms with Crippen LogP contribution >= 0.6 is 0 Å². The van der Waals surface area contributed by atoms with Crippen LogP contribution in [0.5, 0.6) is 0 Å². The average molecular weight is 462 g/mol. The predicted molar refractivity (Wildman–Crippen MR) is 133 cm³/mol. The summed E-state index contributed by atoms with van der Waals surface area (Å²) in [4.78, 5) is 28.4. The van der Waals surface area contributed by atoms with E-state index in [1.54, 1.807) is 0 Å². The number of nitrogens with zero attached hydrogens (tertiary/aromatic N) is 4. The number of fused-ring (bicyclic) bond motifs is 1. The third kappa shape index (κ3) is 4.98. The topological polar surface area (TPSA) is 79.6 Å². The number of aromatic nitrogens is 3. The Bertz CT molecular complexity index is 1160. The third-order valence-corrected chi connectivity index (χ3v) is 6.67. The van der Waals surface area contributed by atoms with Crippen molar-refractivity contribution in [2.24, 2.45) is 5.92 Å². The fourth-order valence-electron chi connectivity index (χ4n) is 4.58. The summed E-state index contributed by atoms with van der Waals surface area (Å²) < 4.78 is 2.00. The van der Waals surface area contributed by atoms with Gasteiger partial charge in [-0.2, -0.15) is 0 Å². The first-order chi connectivity index (χ1) is 16.1. The Kier molecular flexibility index (Phi) is 6.73. The summed E-state index contributed by atoms with van der Waals surface area (Å²) in [5, 5.41) is 11.7. The zero-order chi connectivity index (χ0) is 24.5. The van der Waals surface area contributed by atoms with Gasteiger partial charge in [0.05, 0.1) is 0 Å². The summed E-state index contributed by atoms with van der Waals surface area (Å²) in [6.45, 7) is 11.6. The predicted octanol–water partition coefficient (Wildman–Crippen LogP) is 4.19. The van der Waals surface area contributed by atoms with Crippen LogP contribution in [0.25, 0.3) is 5.65 Å². The number of hydrogen-bond donors (Lipinski definition) is 1. The maximum Gasteiger partial charge on any atom is 0.251 e. The summed E-state index contributed by atoms with van der Waals surface area (Å²) >= 11 is 0. The normalized spacial score (nSPS) is 17.7. The first kappa shape index (κ1) is 23.9. The Hall–Kier alpha value is -3.22. The molecule has 1 saturated heterocycles. The molecule has 1 aliphatic heterocycles. The third-order valence-electron chi connectivity index (χ3n) is 6.67. The second kappa shape index (κ2) is 9.57. The van der Waals surface area contributed by atoms with E-state index in [9.17, 15) is 9.59 Å². The van der Waals surface area contributed by atoms with Gasteiger partial charge in [0.1, 0.15) is 11.9 Å². The molecule has 34 heavy (non-hydrogen) atoms. The van der Waals surface area contributed by atoms with Crippen LogP contribution in [-0.4, -0.2) is 50.4 Å². The lowest BCUT2D eigenvalue weighted by molar-refractivity contribution is -0.135. The van der Waals surface area contributed by atoms with Crippen molar-refractivity contribution in [3.05, 3.63) is 65.6 Å². The molecule has 0 spiro atoms. The number of pyridine rings is 1. The van der Waals surface area contributed by atoms with E-state index in [4.69, 9.17) is 0 Å². The maximum atomic E-state index is 13.5. The summed E-state index contributed by atoms with van der Waals surface area (Å²) in [5.74, 6) is 0.720. The first-order valence-corrected chi connectivity index (χ1v) is 12.1. The van der Waals surface area contributed by atoms with Gasteiger partial charge in [-0.3, -0.25) is 14.0 Å². The molecule has 4 rings (SSSR count). The van der Waals surface area contributed by atoms with Crippen molar-refractivity contribution in [1.29, 1.82) is 0 Å². The van der Waals surface area contributed by atoms with Gasteiger partial charge in [0.15, 0.2) is 5.65 Å². The van der Waals surface area contributed by atoms with Crippen LogP contribution in [-0.2, 0) is 10.2 Å². The molecule has 1 aromatic carbocycles. The lowest BCUT2D eigenvalue weighted by Gasteiger charge is -2.35. The highest BCUT2D eigenvalue weighted by Gasteiger charge is 2.33. The maximum absolute atomic E-state index is 13.5. The van der Waals surface area contributed by atoms with Crippen LogP contribution in [0, 0.1) is 5.92 Å². The first-order valence-electron chi connectivity index (χ1n) is 12.1. The lowest BCUT2D eigenvalue weighted by Crippen LogP contribution is -2.53. The SMILES string of the molecule is CC(C)C(NC(=O)c1ccc(C(C)(C)C)cc1)C(=O)N1CCCC(c2nnc3ccccn23)C1. The monoisotopic (exact) mass is 461 g/mol. The Morgan fingerprint density at radius 2 is 1.79 bits per heavy atom. The van der Waals surface area contributed by atoms with Crippen molar-refractivity contribution in [1.82, 2.24) is 24.8 Å². The number of rotatable bonds is 5. The fraction of sp³-hybridized carbons (Fsp3) is 0.481. The molecule has 1 N–H and O–H groups in total. The minimum Gasteiger partial charge on any atom is -0.340 e. The molecule has 2 unspecified atom stereocenters. The zero-order valence-electron chi connectivity index (χ0n) is 20.8. The number of amides is 2. The van der Waals surface area contributed by atoms with Gasteiger partial charge in [0.2, 0.25) is 5.91 Å². The number of piperidine rings is 1. The highest BCUT2D eigenvalue weighted by Crippen LogP contribution is 2.27. The molecule has 0 radical (unpaired) electrons. The molecule has 0 aliphatic carbocycles. The van der Waals surface area contributed by atoms with Crippen molar-refractivity contribution in [3.8, 4) is 0 Å². The zero-order valence-corrected chi connectivity index (χ0v) is 20.8. The van der Waals surface area contributed by atoms with Crippen molar-refractivity contribution in [3.63, 3.8) is 0 Å². The highest BCUT2D eigenvalue weighted by atomic mass is 16.2.